The van der Waals surface area contributed by atoms with E-state index >= 15 is 0 Å². The number of nitrogens with one attached hydrogen (secondary N) is 2. The minimum Gasteiger partial charge on any atom is -0.376 e. The van der Waals surface area contributed by atoms with Crippen LogP contribution in [-0.2, 0) is 11.3 Å². The van der Waals surface area contributed by atoms with Crippen LogP contribution in [0.3, 0.4) is 0 Å². The summed E-state index contributed by atoms with van der Waals surface area (Å²) >= 11 is 0. The summed E-state index contributed by atoms with van der Waals surface area (Å²) in [6.07, 6.45) is 7.35. The summed E-state index contributed by atoms with van der Waals surface area (Å²) < 4.78 is 7.06. The maximum absolute atomic E-state index is 11.7. The van der Waals surface area contributed by atoms with Crippen LogP contribution in [0.25, 0.3) is 5.69 Å². The van der Waals surface area contributed by atoms with Gasteiger partial charge in [-0.2, -0.15) is 0 Å². The summed E-state index contributed by atoms with van der Waals surface area (Å²) in [5, 5.41) is 13.6. The van der Waals surface area contributed by atoms with Crippen LogP contribution in [0.5, 0.6) is 0 Å². The van der Waals surface area contributed by atoms with E-state index in [1.165, 1.54) is 0 Å². The smallest absolute Gasteiger partial charge is 0.315 e. The molecule has 3 rings (SSSR count). The van der Waals surface area contributed by atoms with Gasteiger partial charge in [0.25, 0.3) is 0 Å². The van der Waals surface area contributed by atoms with Gasteiger partial charge in [-0.1, -0.05) is 5.21 Å². The summed E-state index contributed by atoms with van der Waals surface area (Å²) in [6.45, 7) is 1.64. The third-order valence-electron chi connectivity index (χ3n) is 3.40. The van der Waals surface area contributed by atoms with E-state index in [9.17, 15) is 4.79 Å². The highest BCUT2D eigenvalue weighted by molar-refractivity contribution is 5.73. The average Bonchev–Trinajstić information content (AvgIpc) is 3.23. The van der Waals surface area contributed by atoms with Gasteiger partial charge in [-0.3, -0.25) is 4.98 Å². The Bertz CT molecular complexity index is 609. The highest BCUT2D eigenvalue weighted by atomic mass is 16.5. The number of carbonyl (C=O) groups excluding carboxylic acids is 1. The Morgan fingerprint density at radius 2 is 2.41 bits per heavy atom. The van der Waals surface area contributed by atoms with Gasteiger partial charge in [0.05, 0.1) is 30.7 Å². The minimum absolute atomic E-state index is 0.136. The fraction of sp³-hybridized carbons (Fsp3) is 0.429. The van der Waals surface area contributed by atoms with Crippen LogP contribution in [0.1, 0.15) is 18.5 Å². The van der Waals surface area contributed by atoms with Gasteiger partial charge in [0, 0.05) is 19.3 Å². The number of rotatable bonds is 5. The Balaban J connectivity index is 1.45. The van der Waals surface area contributed by atoms with Crippen molar-refractivity contribution in [2.45, 2.75) is 25.5 Å². The number of hydrogen-bond donors (Lipinski definition) is 2. The van der Waals surface area contributed by atoms with Crippen LogP contribution in [-0.4, -0.2) is 45.3 Å². The van der Waals surface area contributed by atoms with Crippen LogP contribution in [0.15, 0.2) is 30.7 Å². The Morgan fingerprint density at radius 3 is 3.18 bits per heavy atom. The third-order valence-corrected chi connectivity index (χ3v) is 3.40. The lowest BCUT2D eigenvalue weighted by atomic mass is 10.2. The van der Waals surface area contributed by atoms with Crippen molar-refractivity contribution in [1.82, 2.24) is 30.6 Å². The lowest BCUT2D eigenvalue weighted by Crippen LogP contribution is -2.39. The van der Waals surface area contributed by atoms with Gasteiger partial charge in [0.2, 0.25) is 0 Å². The van der Waals surface area contributed by atoms with Gasteiger partial charge in [0.15, 0.2) is 0 Å². The number of amides is 2. The van der Waals surface area contributed by atoms with Crippen LogP contribution >= 0.6 is 0 Å². The lowest BCUT2D eigenvalue weighted by Gasteiger charge is -2.10. The number of carbonyl (C=O) groups is 1. The maximum Gasteiger partial charge on any atom is 0.315 e. The minimum atomic E-state index is -0.230. The first-order chi connectivity index (χ1) is 10.8. The highest BCUT2D eigenvalue weighted by Gasteiger charge is 2.16. The van der Waals surface area contributed by atoms with Crippen molar-refractivity contribution in [1.29, 1.82) is 0 Å². The zero-order valence-electron chi connectivity index (χ0n) is 12.1. The molecule has 1 aliphatic heterocycles. The van der Waals surface area contributed by atoms with Gasteiger partial charge >= 0.3 is 6.03 Å². The number of ether oxygens (including phenoxy) is 1. The van der Waals surface area contributed by atoms with Gasteiger partial charge in [0.1, 0.15) is 5.69 Å². The molecule has 116 valence electrons. The van der Waals surface area contributed by atoms with Crippen molar-refractivity contribution < 1.29 is 9.53 Å². The number of urea groups is 1. The first-order valence-electron chi connectivity index (χ1n) is 7.26. The molecule has 0 aliphatic carbocycles. The molecular weight excluding hydrogens is 284 g/mol. The molecule has 1 saturated heterocycles. The molecule has 2 aromatic rings. The van der Waals surface area contributed by atoms with Crippen LogP contribution < -0.4 is 10.6 Å². The van der Waals surface area contributed by atoms with E-state index < -0.39 is 0 Å². The first kappa shape index (κ1) is 14.5. The predicted molar refractivity (Wildman–Crippen MR) is 78.4 cm³/mol. The molecule has 3 heterocycles. The predicted octanol–water partition coefficient (Wildman–Crippen LogP) is 0.640. The quantitative estimate of drug-likeness (QED) is 0.845. The van der Waals surface area contributed by atoms with Crippen LogP contribution in [0.4, 0.5) is 4.79 Å². The number of pyridine rings is 1. The fourth-order valence-electron chi connectivity index (χ4n) is 2.24. The molecule has 2 aromatic heterocycles. The van der Waals surface area contributed by atoms with Crippen molar-refractivity contribution in [3.8, 4) is 5.69 Å². The standard InChI is InChI=1S/C14H18N6O2/c21-14(17-9-13-4-2-6-22-13)16-7-11-10-20(19-18-11)12-3-1-5-15-8-12/h1,3,5,8,10,13H,2,4,6-7,9H2,(H2,16,17,21). The molecule has 1 aliphatic rings. The zero-order valence-corrected chi connectivity index (χ0v) is 12.1. The second-order valence-electron chi connectivity index (χ2n) is 5.06. The largest absolute Gasteiger partial charge is 0.376 e. The zero-order chi connectivity index (χ0) is 15.2. The first-order valence-corrected chi connectivity index (χ1v) is 7.26. The lowest BCUT2D eigenvalue weighted by molar-refractivity contribution is 0.111. The van der Waals surface area contributed by atoms with E-state index in [-0.39, 0.29) is 12.1 Å². The van der Waals surface area contributed by atoms with E-state index in [0.717, 1.165) is 25.1 Å². The van der Waals surface area contributed by atoms with Gasteiger partial charge in [-0.25, -0.2) is 9.48 Å². The van der Waals surface area contributed by atoms with Gasteiger partial charge < -0.3 is 15.4 Å². The van der Waals surface area contributed by atoms with Crippen molar-refractivity contribution in [3.05, 3.63) is 36.4 Å². The van der Waals surface area contributed by atoms with Crippen molar-refractivity contribution >= 4 is 6.03 Å². The van der Waals surface area contributed by atoms with Crippen LogP contribution in [0.2, 0.25) is 0 Å². The molecule has 8 heteroatoms. The van der Waals surface area contributed by atoms with E-state index in [1.54, 1.807) is 23.3 Å². The Hall–Kier alpha value is -2.48. The van der Waals surface area contributed by atoms with Gasteiger partial charge in [-0.05, 0) is 25.0 Å². The molecular formula is C14H18N6O2. The van der Waals surface area contributed by atoms with E-state index in [1.807, 2.05) is 12.1 Å². The Morgan fingerprint density at radius 1 is 1.45 bits per heavy atom. The fourth-order valence-corrected chi connectivity index (χ4v) is 2.24. The monoisotopic (exact) mass is 302 g/mol. The topological polar surface area (TPSA) is 94.0 Å². The van der Waals surface area contributed by atoms with E-state index in [4.69, 9.17) is 4.74 Å². The summed E-state index contributed by atoms with van der Waals surface area (Å²) in [6, 6.07) is 3.48. The molecule has 0 spiro atoms. The summed E-state index contributed by atoms with van der Waals surface area (Å²) in [4.78, 5) is 15.7. The number of hydrogen-bond acceptors (Lipinski definition) is 5. The van der Waals surface area contributed by atoms with Crippen molar-refractivity contribution in [2.24, 2.45) is 0 Å². The average molecular weight is 302 g/mol. The molecule has 2 N–H and O–H groups in total. The molecule has 0 aromatic carbocycles. The molecule has 0 radical (unpaired) electrons. The molecule has 1 unspecified atom stereocenters. The SMILES string of the molecule is O=C(NCc1cn(-c2cccnc2)nn1)NCC1CCCO1. The molecule has 1 fully saturated rings. The Labute approximate surface area is 127 Å². The summed E-state index contributed by atoms with van der Waals surface area (Å²) in [5.41, 5.74) is 1.50. The highest BCUT2D eigenvalue weighted by Crippen LogP contribution is 2.10. The van der Waals surface area contributed by atoms with Crippen molar-refractivity contribution in [2.75, 3.05) is 13.2 Å². The number of aromatic nitrogens is 4. The van der Waals surface area contributed by atoms with Crippen LogP contribution in [0, 0.1) is 0 Å². The molecule has 1 atom stereocenters. The van der Waals surface area contributed by atoms with E-state index in [2.05, 4.69) is 25.9 Å². The normalized spacial score (nSPS) is 17.4. The third kappa shape index (κ3) is 3.79. The molecule has 8 nitrogen and oxygen atoms in total. The summed E-state index contributed by atoms with van der Waals surface area (Å²) in [7, 11) is 0. The van der Waals surface area contributed by atoms with Crippen molar-refractivity contribution in [3.63, 3.8) is 0 Å². The number of nitrogens with zero attached hydrogens (tertiary/aromatic N) is 4. The Kier molecular flexibility index (Phi) is 4.59. The van der Waals surface area contributed by atoms with Gasteiger partial charge in [-0.15, -0.1) is 5.10 Å². The molecule has 0 saturated carbocycles. The second-order valence-corrected chi connectivity index (χ2v) is 5.06. The second kappa shape index (κ2) is 6.99. The maximum atomic E-state index is 11.7. The molecule has 2 amide bonds. The summed E-state index contributed by atoms with van der Waals surface area (Å²) in [5.74, 6) is 0. The molecule has 22 heavy (non-hydrogen) atoms. The van der Waals surface area contributed by atoms with E-state index in [0.29, 0.717) is 18.8 Å². The molecule has 0 bridgehead atoms.